The van der Waals surface area contributed by atoms with Crippen molar-refractivity contribution in [3.63, 3.8) is 0 Å². The Kier molecular flexibility index (Phi) is 4.15. The molecule has 5 rings (SSSR count). The van der Waals surface area contributed by atoms with Gasteiger partial charge in [0.2, 0.25) is 0 Å². The van der Waals surface area contributed by atoms with Crippen molar-refractivity contribution < 1.29 is 0 Å². The summed E-state index contributed by atoms with van der Waals surface area (Å²) in [4.78, 5) is 12.0. The average Bonchev–Trinajstić information content (AvgIpc) is 3.21. The molecule has 1 saturated heterocycles. The number of rotatable bonds is 4. The first-order chi connectivity index (χ1) is 14.0. The van der Waals surface area contributed by atoms with E-state index >= 15 is 0 Å². The quantitative estimate of drug-likeness (QED) is 0.520. The van der Waals surface area contributed by atoms with Crippen LogP contribution in [0.2, 0.25) is 0 Å². The molecule has 148 valence electrons. The van der Waals surface area contributed by atoms with Crippen LogP contribution in [0.15, 0.2) is 42.9 Å². The van der Waals surface area contributed by atoms with Gasteiger partial charge in [-0.2, -0.15) is 5.10 Å². The molecule has 1 aliphatic rings. The number of nitrogens with zero attached hydrogens (tertiary/aromatic N) is 6. The molecule has 29 heavy (non-hydrogen) atoms. The summed E-state index contributed by atoms with van der Waals surface area (Å²) < 4.78 is 4.09. The van der Waals surface area contributed by atoms with Crippen LogP contribution in [0.5, 0.6) is 0 Å². The van der Waals surface area contributed by atoms with Crippen LogP contribution in [-0.2, 0) is 7.05 Å². The number of aryl methyl sites for hydroxylation is 2. The lowest BCUT2D eigenvalue weighted by molar-refractivity contribution is 0.610. The van der Waals surface area contributed by atoms with Crippen LogP contribution in [0, 0.1) is 6.92 Å². The van der Waals surface area contributed by atoms with E-state index in [-0.39, 0.29) is 0 Å². The highest BCUT2D eigenvalue weighted by atomic mass is 15.3. The van der Waals surface area contributed by atoms with Gasteiger partial charge in [-0.3, -0.25) is 9.08 Å². The summed E-state index contributed by atoms with van der Waals surface area (Å²) in [5.74, 6) is 2.49. The monoisotopic (exact) mass is 386 g/mol. The molecule has 0 bridgehead atoms. The second-order valence-electron chi connectivity index (χ2n) is 8.12. The SMILES string of the molecule is Cc1nc(-c2cnn(C)c2-c2ccc(C(C)C)cc2)c2c(N3CCC3)nccn12. The van der Waals surface area contributed by atoms with E-state index in [1.807, 2.05) is 37.2 Å². The summed E-state index contributed by atoms with van der Waals surface area (Å²) in [6, 6.07) is 8.80. The minimum Gasteiger partial charge on any atom is -0.355 e. The molecule has 0 spiro atoms. The maximum Gasteiger partial charge on any atom is 0.155 e. The first kappa shape index (κ1) is 17.9. The van der Waals surface area contributed by atoms with Crippen LogP contribution in [0.3, 0.4) is 0 Å². The van der Waals surface area contributed by atoms with Crippen LogP contribution in [0.25, 0.3) is 28.0 Å². The van der Waals surface area contributed by atoms with E-state index < -0.39 is 0 Å². The number of anilines is 1. The number of imidazole rings is 1. The molecule has 6 nitrogen and oxygen atoms in total. The molecular weight excluding hydrogens is 360 g/mol. The van der Waals surface area contributed by atoms with Gasteiger partial charge in [-0.1, -0.05) is 38.1 Å². The van der Waals surface area contributed by atoms with Gasteiger partial charge >= 0.3 is 0 Å². The second kappa shape index (κ2) is 6.72. The lowest BCUT2D eigenvalue weighted by Crippen LogP contribution is -2.37. The zero-order valence-corrected chi connectivity index (χ0v) is 17.4. The first-order valence-corrected chi connectivity index (χ1v) is 10.3. The van der Waals surface area contributed by atoms with Gasteiger partial charge < -0.3 is 4.90 Å². The van der Waals surface area contributed by atoms with Crippen LogP contribution in [0.4, 0.5) is 5.82 Å². The number of hydrogen-bond acceptors (Lipinski definition) is 4. The zero-order valence-electron chi connectivity index (χ0n) is 17.4. The topological polar surface area (TPSA) is 51.2 Å². The predicted molar refractivity (Wildman–Crippen MR) is 116 cm³/mol. The standard InChI is InChI=1S/C23H26N6/c1-15(2)17-6-8-18(9-7-17)21-19(14-25-27(21)4)20-22-23(28-11-5-12-28)24-10-13-29(22)16(3)26-20/h6-10,13-15H,5,11-12H2,1-4H3. The first-order valence-electron chi connectivity index (χ1n) is 10.3. The highest BCUT2D eigenvalue weighted by Crippen LogP contribution is 2.37. The van der Waals surface area contributed by atoms with Gasteiger partial charge in [-0.15, -0.1) is 0 Å². The summed E-state index contributed by atoms with van der Waals surface area (Å²) >= 11 is 0. The van der Waals surface area contributed by atoms with Crippen molar-refractivity contribution in [3.8, 4) is 22.5 Å². The minimum absolute atomic E-state index is 0.514. The van der Waals surface area contributed by atoms with Crippen molar-refractivity contribution in [2.75, 3.05) is 18.0 Å². The van der Waals surface area contributed by atoms with E-state index in [4.69, 9.17) is 9.97 Å². The molecule has 0 aliphatic carbocycles. The fraction of sp³-hybridized carbons (Fsp3) is 0.348. The Hall–Kier alpha value is -3.15. The van der Waals surface area contributed by atoms with Crippen LogP contribution in [-0.4, -0.2) is 37.2 Å². The van der Waals surface area contributed by atoms with E-state index in [0.29, 0.717) is 5.92 Å². The van der Waals surface area contributed by atoms with Crippen LogP contribution >= 0.6 is 0 Å². The smallest absolute Gasteiger partial charge is 0.155 e. The Morgan fingerprint density at radius 1 is 1.07 bits per heavy atom. The second-order valence-corrected chi connectivity index (χ2v) is 8.12. The van der Waals surface area contributed by atoms with Gasteiger partial charge in [0.25, 0.3) is 0 Å². The summed E-state index contributed by atoms with van der Waals surface area (Å²) in [6.45, 7) is 8.58. The third-order valence-electron chi connectivity index (χ3n) is 5.91. The molecule has 1 aliphatic heterocycles. The van der Waals surface area contributed by atoms with Crippen LogP contribution < -0.4 is 4.90 Å². The molecular formula is C23H26N6. The number of aromatic nitrogens is 5. The largest absolute Gasteiger partial charge is 0.355 e. The Balaban J connectivity index is 1.71. The van der Waals surface area contributed by atoms with Gasteiger partial charge in [0.15, 0.2) is 5.82 Å². The molecule has 1 fully saturated rings. The number of benzene rings is 1. The van der Waals surface area contributed by atoms with Crippen molar-refractivity contribution in [2.24, 2.45) is 7.05 Å². The van der Waals surface area contributed by atoms with Gasteiger partial charge in [0.05, 0.1) is 11.9 Å². The summed E-state index contributed by atoms with van der Waals surface area (Å²) in [6.07, 6.45) is 7.01. The van der Waals surface area contributed by atoms with Gasteiger partial charge in [0.1, 0.15) is 17.0 Å². The summed E-state index contributed by atoms with van der Waals surface area (Å²) in [5, 5.41) is 4.59. The van der Waals surface area contributed by atoms with Crippen LogP contribution in [0.1, 0.15) is 37.6 Å². The Morgan fingerprint density at radius 3 is 2.48 bits per heavy atom. The maximum absolute atomic E-state index is 4.95. The minimum atomic E-state index is 0.514. The van der Waals surface area contributed by atoms with Crippen molar-refractivity contribution in [3.05, 3.63) is 54.2 Å². The molecule has 1 aromatic carbocycles. The summed E-state index contributed by atoms with van der Waals surface area (Å²) in [7, 11) is 1.99. The van der Waals surface area contributed by atoms with Crippen molar-refractivity contribution in [2.45, 2.75) is 33.1 Å². The average molecular weight is 387 g/mol. The third kappa shape index (κ3) is 2.82. The van der Waals surface area contributed by atoms with E-state index in [0.717, 1.165) is 52.8 Å². The molecule has 0 saturated carbocycles. The molecule has 0 unspecified atom stereocenters. The fourth-order valence-corrected chi connectivity index (χ4v) is 4.10. The highest BCUT2D eigenvalue weighted by molar-refractivity contribution is 5.92. The normalized spacial score (nSPS) is 14.0. The van der Waals surface area contributed by atoms with Gasteiger partial charge in [-0.05, 0) is 24.8 Å². The van der Waals surface area contributed by atoms with Crippen molar-refractivity contribution >= 4 is 11.3 Å². The van der Waals surface area contributed by atoms with E-state index in [1.165, 1.54) is 12.0 Å². The van der Waals surface area contributed by atoms with E-state index in [1.54, 1.807) is 0 Å². The molecule has 0 atom stereocenters. The predicted octanol–water partition coefficient (Wildman–Crippen LogP) is 4.44. The molecule has 3 aromatic heterocycles. The Labute approximate surface area is 170 Å². The lowest BCUT2D eigenvalue weighted by atomic mass is 9.99. The molecule has 4 heterocycles. The number of hydrogen-bond donors (Lipinski definition) is 0. The fourth-order valence-electron chi connectivity index (χ4n) is 4.10. The molecule has 0 radical (unpaired) electrons. The maximum atomic E-state index is 4.95. The Bertz CT molecular complexity index is 1180. The van der Waals surface area contributed by atoms with E-state index in [9.17, 15) is 0 Å². The van der Waals surface area contributed by atoms with E-state index in [2.05, 4.69) is 52.5 Å². The lowest BCUT2D eigenvalue weighted by Gasteiger charge is -2.32. The highest BCUT2D eigenvalue weighted by Gasteiger charge is 2.25. The van der Waals surface area contributed by atoms with Gasteiger partial charge in [0, 0.05) is 43.7 Å². The zero-order chi connectivity index (χ0) is 20.1. The third-order valence-corrected chi connectivity index (χ3v) is 5.91. The molecule has 0 N–H and O–H groups in total. The molecule has 6 heteroatoms. The van der Waals surface area contributed by atoms with Crippen molar-refractivity contribution in [1.82, 2.24) is 24.1 Å². The summed E-state index contributed by atoms with van der Waals surface area (Å²) in [5.41, 5.74) is 6.64. The molecule has 4 aromatic rings. The van der Waals surface area contributed by atoms with Gasteiger partial charge in [-0.25, -0.2) is 9.97 Å². The number of fused-ring (bicyclic) bond motifs is 1. The molecule has 0 amide bonds. The van der Waals surface area contributed by atoms with Crippen molar-refractivity contribution in [1.29, 1.82) is 0 Å². The Morgan fingerprint density at radius 2 is 1.83 bits per heavy atom.